The Balaban J connectivity index is 1.57. The molecular formula is C16H29N3O2. The molecule has 1 unspecified atom stereocenters. The largest absolute Gasteiger partial charge is 0.383 e. The molecule has 4 aliphatic rings. The zero-order valence-electron chi connectivity index (χ0n) is 13.1. The lowest BCUT2D eigenvalue weighted by Crippen LogP contribution is -2.62. The minimum absolute atomic E-state index is 0.00825. The number of nitrogens with two attached hydrogens (primary N) is 1. The summed E-state index contributed by atoms with van der Waals surface area (Å²) in [5.74, 6) is 2.53. The quantitative estimate of drug-likeness (QED) is 0.697. The maximum atomic E-state index is 12.4. The van der Waals surface area contributed by atoms with E-state index in [0.29, 0.717) is 13.2 Å². The van der Waals surface area contributed by atoms with Gasteiger partial charge in [0, 0.05) is 12.6 Å². The van der Waals surface area contributed by atoms with Gasteiger partial charge < -0.3 is 21.1 Å². The average molecular weight is 295 g/mol. The molecule has 120 valence electrons. The highest BCUT2D eigenvalue weighted by Crippen LogP contribution is 2.55. The number of amides is 2. The van der Waals surface area contributed by atoms with Crippen LogP contribution in [0.15, 0.2) is 0 Å². The average Bonchev–Trinajstić information content (AvgIpc) is 2.36. The first-order chi connectivity index (χ1) is 10.1. The summed E-state index contributed by atoms with van der Waals surface area (Å²) in [4.78, 5) is 12.4. The topological polar surface area (TPSA) is 76.4 Å². The van der Waals surface area contributed by atoms with Crippen molar-refractivity contribution >= 4 is 6.03 Å². The Hall–Kier alpha value is -0.810. The van der Waals surface area contributed by atoms with Crippen molar-refractivity contribution in [3.8, 4) is 0 Å². The molecule has 4 saturated carbocycles. The van der Waals surface area contributed by atoms with Crippen molar-refractivity contribution < 1.29 is 9.53 Å². The highest BCUT2D eigenvalue weighted by molar-refractivity contribution is 5.75. The van der Waals surface area contributed by atoms with Crippen LogP contribution in [-0.4, -0.2) is 37.9 Å². The standard InChI is InChI=1S/C16H29N3O2/c1-21-10-14(2-3-17)18-15(20)19-16-7-11-4-12(8-16)6-13(5-11)9-16/h11-14H,2-10,17H2,1H3,(H2,18,19,20). The first-order valence-electron chi connectivity index (χ1n) is 8.40. The Morgan fingerprint density at radius 2 is 1.81 bits per heavy atom. The number of methoxy groups -OCH3 is 1. The molecule has 21 heavy (non-hydrogen) atoms. The Kier molecular flexibility index (Phi) is 4.41. The molecule has 0 aliphatic heterocycles. The lowest BCUT2D eigenvalue weighted by Gasteiger charge is -2.56. The fourth-order valence-electron chi connectivity index (χ4n) is 5.33. The van der Waals surface area contributed by atoms with Crippen molar-refractivity contribution in [3.05, 3.63) is 0 Å². The molecule has 0 radical (unpaired) electrons. The van der Waals surface area contributed by atoms with E-state index in [1.807, 2.05) is 0 Å². The molecule has 4 rings (SSSR count). The van der Waals surface area contributed by atoms with Crippen molar-refractivity contribution in [3.63, 3.8) is 0 Å². The van der Waals surface area contributed by atoms with Gasteiger partial charge in [0.1, 0.15) is 0 Å². The third-order valence-electron chi connectivity index (χ3n) is 5.64. The second-order valence-corrected chi connectivity index (χ2v) is 7.53. The molecular weight excluding hydrogens is 266 g/mol. The van der Waals surface area contributed by atoms with Crippen LogP contribution in [0, 0.1) is 17.8 Å². The predicted octanol–water partition coefficient (Wildman–Crippen LogP) is 1.62. The number of hydrogen-bond donors (Lipinski definition) is 3. The molecule has 4 N–H and O–H groups in total. The van der Waals surface area contributed by atoms with Gasteiger partial charge in [-0.2, -0.15) is 0 Å². The van der Waals surface area contributed by atoms with E-state index in [4.69, 9.17) is 10.5 Å². The summed E-state index contributed by atoms with van der Waals surface area (Å²) in [6, 6.07) is -0.0265. The van der Waals surface area contributed by atoms with Gasteiger partial charge in [-0.15, -0.1) is 0 Å². The van der Waals surface area contributed by atoms with Gasteiger partial charge in [0.25, 0.3) is 0 Å². The molecule has 5 nitrogen and oxygen atoms in total. The zero-order valence-corrected chi connectivity index (χ0v) is 13.1. The molecule has 4 aliphatic carbocycles. The second kappa shape index (κ2) is 6.13. The molecule has 0 aromatic rings. The number of ether oxygens (including phenoxy) is 1. The van der Waals surface area contributed by atoms with Crippen LogP contribution >= 0.6 is 0 Å². The van der Waals surface area contributed by atoms with Crippen LogP contribution in [0.5, 0.6) is 0 Å². The molecule has 0 aromatic heterocycles. The van der Waals surface area contributed by atoms with Crippen molar-refractivity contribution in [1.29, 1.82) is 0 Å². The van der Waals surface area contributed by atoms with E-state index >= 15 is 0 Å². The Morgan fingerprint density at radius 1 is 1.24 bits per heavy atom. The van der Waals surface area contributed by atoms with Crippen LogP contribution in [0.4, 0.5) is 4.79 Å². The van der Waals surface area contributed by atoms with Gasteiger partial charge in [-0.25, -0.2) is 4.79 Å². The molecule has 0 aromatic carbocycles. The van der Waals surface area contributed by atoms with Crippen LogP contribution in [0.2, 0.25) is 0 Å². The smallest absolute Gasteiger partial charge is 0.315 e. The van der Waals surface area contributed by atoms with Crippen molar-refractivity contribution in [2.75, 3.05) is 20.3 Å². The first kappa shape index (κ1) is 15.1. The lowest BCUT2D eigenvalue weighted by atomic mass is 9.53. The van der Waals surface area contributed by atoms with Crippen molar-refractivity contribution in [2.24, 2.45) is 23.5 Å². The van der Waals surface area contributed by atoms with Gasteiger partial charge in [0.2, 0.25) is 0 Å². The van der Waals surface area contributed by atoms with E-state index in [9.17, 15) is 4.79 Å². The number of hydrogen-bond acceptors (Lipinski definition) is 3. The number of carbonyl (C=O) groups is 1. The zero-order chi connectivity index (χ0) is 14.9. The Labute approximate surface area is 127 Å². The summed E-state index contributed by atoms with van der Waals surface area (Å²) < 4.78 is 5.15. The molecule has 5 heteroatoms. The molecule has 1 atom stereocenters. The van der Waals surface area contributed by atoms with E-state index in [0.717, 1.165) is 24.2 Å². The molecule has 0 spiro atoms. The predicted molar refractivity (Wildman–Crippen MR) is 81.9 cm³/mol. The summed E-state index contributed by atoms with van der Waals surface area (Å²) in [5.41, 5.74) is 5.66. The summed E-state index contributed by atoms with van der Waals surface area (Å²) in [6.45, 7) is 1.08. The molecule has 0 heterocycles. The fraction of sp³-hybridized carbons (Fsp3) is 0.938. The summed E-state index contributed by atoms with van der Waals surface area (Å²) in [6.07, 6.45) is 8.46. The highest BCUT2D eigenvalue weighted by atomic mass is 16.5. The number of carbonyl (C=O) groups excluding carboxylic acids is 1. The van der Waals surface area contributed by atoms with Crippen molar-refractivity contribution in [2.45, 2.75) is 56.5 Å². The normalized spacial score (nSPS) is 38.3. The van der Waals surface area contributed by atoms with E-state index in [1.165, 1.54) is 38.5 Å². The van der Waals surface area contributed by atoms with E-state index in [-0.39, 0.29) is 17.6 Å². The minimum atomic E-state index is -0.0348. The van der Waals surface area contributed by atoms with Gasteiger partial charge in [-0.05, 0) is 69.2 Å². The molecule has 4 fully saturated rings. The highest BCUT2D eigenvalue weighted by Gasteiger charge is 2.51. The van der Waals surface area contributed by atoms with Crippen LogP contribution in [0.1, 0.15) is 44.9 Å². The monoisotopic (exact) mass is 295 g/mol. The lowest BCUT2D eigenvalue weighted by molar-refractivity contribution is -0.0138. The minimum Gasteiger partial charge on any atom is -0.383 e. The molecule has 2 amide bonds. The van der Waals surface area contributed by atoms with Crippen LogP contribution in [0.3, 0.4) is 0 Å². The van der Waals surface area contributed by atoms with Gasteiger partial charge in [-0.3, -0.25) is 0 Å². The number of rotatable bonds is 6. The van der Waals surface area contributed by atoms with Gasteiger partial charge in [0.15, 0.2) is 0 Å². The number of nitrogens with one attached hydrogen (secondary N) is 2. The number of urea groups is 1. The third-order valence-corrected chi connectivity index (χ3v) is 5.64. The maximum Gasteiger partial charge on any atom is 0.315 e. The molecule has 4 bridgehead atoms. The van der Waals surface area contributed by atoms with Crippen LogP contribution in [0.25, 0.3) is 0 Å². The maximum absolute atomic E-state index is 12.4. The van der Waals surface area contributed by atoms with Gasteiger partial charge in [-0.1, -0.05) is 0 Å². The molecule has 0 saturated heterocycles. The Morgan fingerprint density at radius 3 is 2.29 bits per heavy atom. The van der Waals surface area contributed by atoms with Crippen LogP contribution < -0.4 is 16.4 Å². The van der Waals surface area contributed by atoms with E-state index in [2.05, 4.69) is 10.6 Å². The Bertz CT molecular complexity index is 344. The summed E-state index contributed by atoms with van der Waals surface area (Å²) in [5, 5.41) is 6.36. The van der Waals surface area contributed by atoms with Crippen molar-refractivity contribution in [1.82, 2.24) is 10.6 Å². The first-order valence-corrected chi connectivity index (χ1v) is 8.40. The van der Waals surface area contributed by atoms with E-state index in [1.54, 1.807) is 7.11 Å². The van der Waals surface area contributed by atoms with E-state index < -0.39 is 0 Å². The van der Waals surface area contributed by atoms with Crippen LogP contribution in [-0.2, 0) is 4.74 Å². The SMILES string of the molecule is COCC(CCN)NC(=O)NC12CC3CC(CC(C3)C1)C2. The third kappa shape index (κ3) is 3.34. The van der Waals surface area contributed by atoms with Gasteiger partial charge >= 0.3 is 6.03 Å². The fourth-order valence-corrected chi connectivity index (χ4v) is 5.33. The summed E-state index contributed by atoms with van der Waals surface area (Å²) >= 11 is 0. The van der Waals surface area contributed by atoms with Gasteiger partial charge in [0.05, 0.1) is 12.6 Å². The second-order valence-electron chi connectivity index (χ2n) is 7.53. The summed E-state index contributed by atoms with van der Waals surface area (Å²) in [7, 11) is 1.65.